The van der Waals surface area contributed by atoms with Crippen LogP contribution in [0.4, 0.5) is 8.78 Å². The predicted molar refractivity (Wildman–Crippen MR) is 97.5 cm³/mol. The van der Waals surface area contributed by atoms with Crippen molar-refractivity contribution in [3.8, 4) is 0 Å². The van der Waals surface area contributed by atoms with Crippen molar-refractivity contribution in [2.75, 3.05) is 26.2 Å². The molecule has 27 heavy (non-hydrogen) atoms. The van der Waals surface area contributed by atoms with E-state index in [9.17, 15) is 13.9 Å². The summed E-state index contributed by atoms with van der Waals surface area (Å²) in [4.78, 5) is 6.42. The summed E-state index contributed by atoms with van der Waals surface area (Å²) in [5.41, 5.74) is 6.73. The first-order valence-corrected chi connectivity index (χ1v) is 9.34. The molecular weight excluding hydrogens is 350 g/mol. The smallest absolute Gasteiger partial charge is 0.130 e. The van der Waals surface area contributed by atoms with E-state index in [0.29, 0.717) is 24.9 Å². The Morgan fingerprint density at radius 1 is 1.22 bits per heavy atom. The number of hydrogen-bond acceptors (Lipinski definition) is 5. The number of pyridine rings is 1. The standard InChI is InChI=1S/C20H24F2N4O/c21-16-3-4-17(18(22)10-16)19-14(11-24-25-19)13-26-8-5-20(27,6-9-26)15-2-1-7-23-12-15/h1-4,7,10,12,14,19,24-25,27H,5-6,8-9,11,13H2. The zero-order valence-electron chi connectivity index (χ0n) is 15.0. The summed E-state index contributed by atoms with van der Waals surface area (Å²) in [6, 6.07) is 7.30. The lowest BCUT2D eigenvalue weighted by molar-refractivity contribution is -0.0290. The maximum absolute atomic E-state index is 14.2. The summed E-state index contributed by atoms with van der Waals surface area (Å²) in [6.45, 7) is 3.02. The Morgan fingerprint density at radius 3 is 2.74 bits per heavy atom. The van der Waals surface area contributed by atoms with E-state index in [0.717, 1.165) is 31.3 Å². The third kappa shape index (κ3) is 3.87. The average Bonchev–Trinajstić information content (AvgIpc) is 3.12. The fourth-order valence-electron chi connectivity index (χ4n) is 4.15. The molecule has 3 N–H and O–H groups in total. The van der Waals surface area contributed by atoms with Crippen molar-refractivity contribution in [3.63, 3.8) is 0 Å². The molecule has 5 nitrogen and oxygen atoms in total. The van der Waals surface area contributed by atoms with Crippen LogP contribution in [0.1, 0.15) is 30.0 Å². The van der Waals surface area contributed by atoms with Gasteiger partial charge in [0.25, 0.3) is 0 Å². The van der Waals surface area contributed by atoms with Crippen LogP contribution in [-0.2, 0) is 5.60 Å². The first kappa shape index (κ1) is 18.4. The zero-order valence-corrected chi connectivity index (χ0v) is 15.0. The van der Waals surface area contributed by atoms with Gasteiger partial charge < -0.3 is 10.0 Å². The molecule has 2 saturated heterocycles. The highest BCUT2D eigenvalue weighted by atomic mass is 19.1. The van der Waals surface area contributed by atoms with Gasteiger partial charge in [-0.3, -0.25) is 10.4 Å². The molecule has 4 rings (SSSR count). The van der Waals surface area contributed by atoms with Crippen LogP contribution in [-0.4, -0.2) is 41.2 Å². The van der Waals surface area contributed by atoms with Crippen LogP contribution in [0.2, 0.25) is 0 Å². The monoisotopic (exact) mass is 374 g/mol. The van der Waals surface area contributed by atoms with Gasteiger partial charge in [-0.15, -0.1) is 0 Å². The number of rotatable bonds is 4. The number of piperidine rings is 1. The van der Waals surface area contributed by atoms with Crippen molar-refractivity contribution >= 4 is 0 Å². The largest absolute Gasteiger partial charge is 0.385 e. The molecule has 1 aromatic heterocycles. The minimum absolute atomic E-state index is 0.162. The van der Waals surface area contributed by atoms with Gasteiger partial charge in [0.1, 0.15) is 11.6 Å². The Kier molecular flexibility index (Phi) is 5.19. The summed E-state index contributed by atoms with van der Waals surface area (Å²) < 4.78 is 27.4. The molecule has 2 aliphatic rings. The van der Waals surface area contributed by atoms with E-state index in [1.54, 1.807) is 12.4 Å². The molecule has 0 bridgehead atoms. The Labute approximate surface area is 157 Å². The topological polar surface area (TPSA) is 60.4 Å². The number of likely N-dealkylation sites (tertiary alicyclic amines) is 1. The molecule has 2 atom stereocenters. The summed E-state index contributed by atoms with van der Waals surface area (Å²) >= 11 is 0. The van der Waals surface area contributed by atoms with E-state index in [1.165, 1.54) is 12.1 Å². The molecule has 0 aliphatic carbocycles. The van der Waals surface area contributed by atoms with Crippen LogP contribution >= 0.6 is 0 Å². The molecule has 2 aromatic rings. The normalized spacial score (nSPS) is 25.6. The van der Waals surface area contributed by atoms with Gasteiger partial charge in [-0.25, -0.2) is 14.2 Å². The number of halogens is 2. The second kappa shape index (κ2) is 7.59. The van der Waals surface area contributed by atoms with Gasteiger partial charge in [0.15, 0.2) is 0 Å². The molecule has 3 heterocycles. The van der Waals surface area contributed by atoms with Crippen molar-refractivity contribution in [3.05, 3.63) is 65.5 Å². The highest BCUT2D eigenvalue weighted by molar-refractivity contribution is 5.24. The van der Waals surface area contributed by atoms with Gasteiger partial charge in [0.05, 0.1) is 11.6 Å². The van der Waals surface area contributed by atoms with Crippen molar-refractivity contribution in [2.45, 2.75) is 24.5 Å². The van der Waals surface area contributed by atoms with E-state index in [1.807, 2.05) is 12.1 Å². The number of benzene rings is 1. The second-order valence-electron chi connectivity index (χ2n) is 7.50. The summed E-state index contributed by atoms with van der Waals surface area (Å²) in [7, 11) is 0. The summed E-state index contributed by atoms with van der Waals surface area (Å²) in [5.74, 6) is -0.926. The number of nitrogens with one attached hydrogen (secondary N) is 2. The minimum Gasteiger partial charge on any atom is -0.385 e. The second-order valence-corrected chi connectivity index (χ2v) is 7.50. The lowest BCUT2D eigenvalue weighted by Gasteiger charge is -2.39. The fraction of sp³-hybridized carbons (Fsp3) is 0.450. The van der Waals surface area contributed by atoms with Gasteiger partial charge >= 0.3 is 0 Å². The Morgan fingerprint density at radius 2 is 2.04 bits per heavy atom. The maximum atomic E-state index is 14.2. The SMILES string of the molecule is OC1(c2cccnc2)CCN(CC2CNNC2c2ccc(F)cc2F)CC1. The lowest BCUT2D eigenvalue weighted by Crippen LogP contribution is -2.45. The molecule has 2 unspecified atom stereocenters. The molecule has 0 saturated carbocycles. The minimum atomic E-state index is -0.834. The average molecular weight is 374 g/mol. The Hall–Kier alpha value is -1.93. The van der Waals surface area contributed by atoms with E-state index in [-0.39, 0.29) is 12.0 Å². The van der Waals surface area contributed by atoms with Crippen LogP contribution in [0, 0.1) is 17.6 Å². The number of hydrogen-bond donors (Lipinski definition) is 3. The Balaban J connectivity index is 1.40. The molecule has 144 valence electrons. The third-order valence-electron chi connectivity index (χ3n) is 5.77. The van der Waals surface area contributed by atoms with Crippen LogP contribution in [0.15, 0.2) is 42.7 Å². The van der Waals surface area contributed by atoms with Crippen LogP contribution in [0.5, 0.6) is 0 Å². The lowest BCUT2D eigenvalue weighted by atomic mass is 9.84. The van der Waals surface area contributed by atoms with Crippen LogP contribution < -0.4 is 10.9 Å². The molecule has 0 spiro atoms. The van der Waals surface area contributed by atoms with Gasteiger partial charge in [0, 0.05) is 61.7 Å². The quantitative estimate of drug-likeness (QED) is 0.765. The van der Waals surface area contributed by atoms with Crippen LogP contribution in [0.25, 0.3) is 0 Å². The van der Waals surface area contributed by atoms with Crippen molar-refractivity contribution in [2.24, 2.45) is 5.92 Å². The van der Waals surface area contributed by atoms with E-state index in [2.05, 4.69) is 20.7 Å². The molecule has 1 aromatic carbocycles. The zero-order chi connectivity index (χ0) is 18.9. The predicted octanol–water partition coefficient (Wildman–Crippen LogP) is 2.11. The first-order chi connectivity index (χ1) is 13.0. The van der Waals surface area contributed by atoms with Gasteiger partial charge in [-0.1, -0.05) is 12.1 Å². The van der Waals surface area contributed by atoms with Gasteiger partial charge in [-0.05, 0) is 25.0 Å². The summed E-state index contributed by atoms with van der Waals surface area (Å²) in [6.07, 6.45) is 4.72. The van der Waals surface area contributed by atoms with Crippen molar-refractivity contribution in [1.82, 2.24) is 20.7 Å². The van der Waals surface area contributed by atoms with Gasteiger partial charge in [0.2, 0.25) is 0 Å². The molecule has 0 radical (unpaired) electrons. The highest BCUT2D eigenvalue weighted by Crippen LogP contribution is 2.34. The van der Waals surface area contributed by atoms with Crippen molar-refractivity contribution in [1.29, 1.82) is 0 Å². The van der Waals surface area contributed by atoms with Crippen molar-refractivity contribution < 1.29 is 13.9 Å². The molecule has 7 heteroatoms. The van der Waals surface area contributed by atoms with Gasteiger partial charge in [-0.2, -0.15) is 0 Å². The third-order valence-corrected chi connectivity index (χ3v) is 5.77. The molecule has 0 amide bonds. The number of aromatic nitrogens is 1. The summed E-state index contributed by atoms with van der Waals surface area (Å²) in [5, 5.41) is 10.9. The van der Waals surface area contributed by atoms with E-state index < -0.39 is 17.2 Å². The Bertz CT molecular complexity index is 781. The van der Waals surface area contributed by atoms with E-state index in [4.69, 9.17) is 0 Å². The number of nitrogens with zero attached hydrogens (tertiary/aromatic N) is 2. The maximum Gasteiger partial charge on any atom is 0.130 e. The van der Waals surface area contributed by atoms with E-state index >= 15 is 0 Å². The first-order valence-electron chi connectivity index (χ1n) is 9.34. The van der Waals surface area contributed by atoms with Crippen LogP contribution in [0.3, 0.4) is 0 Å². The molecule has 2 fully saturated rings. The molecular formula is C20H24F2N4O. The number of aliphatic hydroxyl groups is 1. The highest BCUT2D eigenvalue weighted by Gasteiger charge is 2.37. The fourth-order valence-corrected chi connectivity index (χ4v) is 4.15. The molecule has 2 aliphatic heterocycles. The number of hydrazine groups is 1.